The highest BCUT2D eigenvalue weighted by Crippen LogP contribution is 2.19. The average molecular weight is 388 g/mol. The quantitative estimate of drug-likeness (QED) is 0.699. The van der Waals surface area contributed by atoms with Crippen molar-refractivity contribution in [1.82, 2.24) is 14.9 Å². The Morgan fingerprint density at radius 3 is 2.48 bits per heavy atom. The van der Waals surface area contributed by atoms with Crippen LogP contribution in [0.4, 0.5) is 5.69 Å². The Kier molecular flexibility index (Phi) is 6.34. The highest BCUT2D eigenvalue weighted by atomic mass is 16.2. The molecule has 0 saturated carbocycles. The third-order valence-corrected chi connectivity index (χ3v) is 4.93. The van der Waals surface area contributed by atoms with Crippen molar-refractivity contribution in [3.63, 3.8) is 0 Å². The van der Waals surface area contributed by atoms with Crippen LogP contribution in [0.1, 0.15) is 37.4 Å². The maximum absolute atomic E-state index is 12.7. The Morgan fingerprint density at radius 2 is 1.72 bits per heavy atom. The first-order valence-corrected chi connectivity index (χ1v) is 9.42. The van der Waals surface area contributed by atoms with Gasteiger partial charge in [0.1, 0.15) is 0 Å². The van der Waals surface area contributed by atoms with Gasteiger partial charge < -0.3 is 10.2 Å². The lowest BCUT2D eigenvalue weighted by atomic mass is 10.1. The molecular formula is C23H24N4O2. The van der Waals surface area contributed by atoms with Gasteiger partial charge in [0.2, 0.25) is 0 Å². The summed E-state index contributed by atoms with van der Waals surface area (Å²) >= 11 is 0. The van der Waals surface area contributed by atoms with Gasteiger partial charge in [0.05, 0.1) is 11.1 Å². The van der Waals surface area contributed by atoms with E-state index in [0.29, 0.717) is 17.7 Å². The summed E-state index contributed by atoms with van der Waals surface area (Å²) < 4.78 is 0. The van der Waals surface area contributed by atoms with E-state index in [1.54, 1.807) is 30.4 Å². The molecular weight excluding hydrogens is 364 g/mol. The largest absolute Gasteiger partial charge is 0.341 e. The summed E-state index contributed by atoms with van der Waals surface area (Å²) in [5, 5.41) is 2.90. The van der Waals surface area contributed by atoms with Crippen molar-refractivity contribution < 1.29 is 9.59 Å². The summed E-state index contributed by atoms with van der Waals surface area (Å²) in [5.74, 6) is -0.465. The Hall–Kier alpha value is -3.54. The van der Waals surface area contributed by atoms with Crippen molar-refractivity contribution in [2.75, 3.05) is 18.9 Å². The van der Waals surface area contributed by atoms with Crippen molar-refractivity contribution in [3.05, 3.63) is 89.0 Å². The molecule has 29 heavy (non-hydrogen) atoms. The smallest absolute Gasteiger partial charge is 0.257 e. The maximum atomic E-state index is 12.7. The van der Waals surface area contributed by atoms with E-state index >= 15 is 0 Å². The number of pyridine rings is 2. The summed E-state index contributed by atoms with van der Waals surface area (Å²) in [6, 6.07) is 11.2. The van der Waals surface area contributed by atoms with E-state index in [9.17, 15) is 9.59 Å². The molecule has 0 atom stereocenters. The fourth-order valence-electron chi connectivity index (χ4n) is 2.93. The number of rotatable bonds is 6. The molecule has 3 aromatic rings. The van der Waals surface area contributed by atoms with Gasteiger partial charge in [-0.15, -0.1) is 0 Å². The summed E-state index contributed by atoms with van der Waals surface area (Å²) in [4.78, 5) is 35.1. The number of hydrogen-bond donors (Lipinski definition) is 1. The lowest BCUT2D eigenvalue weighted by molar-refractivity contribution is 0.0796. The van der Waals surface area contributed by atoms with E-state index in [4.69, 9.17) is 0 Å². The third-order valence-electron chi connectivity index (χ3n) is 4.93. The van der Waals surface area contributed by atoms with E-state index in [-0.39, 0.29) is 11.8 Å². The monoisotopic (exact) mass is 388 g/mol. The van der Waals surface area contributed by atoms with Crippen LogP contribution in [-0.2, 0) is 6.42 Å². The zero-order chi connectivity index (χ0) is 20.8. The number of benzene rings is 1. The fraction of sp³-hybridized carbons (Fsp3) is 0.217. The molecule has 2 amide bonds. The second kappa shape index (κ2) is 9.10. The third kappa shape index (κ3) is 5.04. The molecule has 0 spiro atoms. The topological polar surface area (TPSA) is 75.2 Å². The second-order valence-corrected chi connectivity index (χ2v) is 7.00. The van der Waals surface area contributed by atoms with Crippen LogP contribution < -0.4 is 5.32 Å². The molecule has 0 saturated heterocycles. The van der Waals surface area contributed by atoms with Gasteiger partial charge in [0.15, 0.2) is 0 Å². The summed E-state index contributed by atoms with van der Waals surface area (Å²) in [7, 11) is 1.74. The van der Waals surface area contributed by atoms with Gasteiger partial charge in [-0.05, 0) is 61.2 Å². The Bertz CT molecular complexity index is 1020. The molecule has 0 aliphatic carbocycles. The minimum absolute atomic E-state index is 0.173. The van der Waals surface area contributed by atoms with Crippen LogP contribution >= 0.6 is 0 Å². The molecule has 0 aliphatic heterocycles. The van der Waals surface area contributed by atoms with Crippen LogP contribution in [0.15, 0.2) is 61.2 Å². The number of aryl methyl sites for hydroxylation is 1. The molecule has 6 nitrogen and oxygen atoms in total. The van der Waals surface area contributed by atoms with E-state index in [2.05, 4.69) is 15.3 Å². The molecule has 2 aromatic heterocycles. The lowest BCUT2D eigenvalue weighted by Gasteiger charge is -2.17. The van der Waals surface area contributed by atoms with E-state index < -0.39 is 0 Å². The zero-order valence-electron chi connectivity index (χ0n) is 16.8. The minimum Gasteiger partial charge on any atom is -0.341 e. The first kappa shape index (κ1) is 20.2. The highest BCUT2D eigenvalue weighted by Gasteiger charge is 2.15. The van der Waals surface area contributed by atoms with Crippen LogP contribution in [0, 0.1) is 13.8 Å². The number of amides is 2. The molecule has 0 bridgehead atoms. The number of nitrogens with zero attached hydrogens (tertiary/aromatic N) is 3. The predicted molar refractivity (Wildman–Crippen MR) is 113 cm³/mol. The van der Waals surface area contributed by atoms with Crippen molar-refractivity contribution in [2.45, 2.75) is 20.3 Å². The lowest BCUT2D eigenvalue weighted by Crippen LogP contribution is -2.29. The second-order valence-electron chi connectivity index (χ2n) is 7.00. The molecule has 0 fully saturated rings. The predicted octanol–water partition coefficient (Wildman–Crippen LogP) is 3.66. The van der Waals surface area contributed by atoms with E-state index in [1.807, 2.05) is 44.2 Å². The van der Waals surface area contributed by atoms with Gasteiger partial charge in [-0.3, -0.25) is 19.6 Å². The van der Waals surface area contributed by atoms with Crippen LogP contribution in [0.5, 0.6) is 0 Å². The number of anilines is 1. The highest BCUT2D eigenvalue weighted by molar-refractivity contribution is 6.06. The molecule has 1 aromatic carbocycles. The van der Waals surface area contributed by atoms with Crippen LogP contribution in [0.3, 0.4) is 0 Å². The van der Waals surface area contributed by atoms with Gasteiger partial charge in [-0.1, -0.05) is 12.1 Å². The van der Waals surface area contributed by atoms with Crippen molar-refractivity contribution in [2.24, 2.45) is 0 Å². The SMILES string of the molecule is Cc1cccc(NC(=O)c2cncc(C(=O)N(C)CCc3ccncc3)c2)c1C. The molecule has 3 rings (SSSR count). The number of carbonyl (C=O) groups excluding carboxylic acids is 2. The number of carbonyl (C=O) groups is 2. The van der Waals surface area contributed by atoms with E-state index in [1.165, 1.54) is 12.4 Å². The molecule has 0 aliphatic rings. The fourth-order valence-corrected chi connectivity index (χ4v) is 2.93. The van der Waals surface area contributed by atoms with Gasteiger partial charge in [-0.25, -0.2) is 0 Å². The molecule has 0 radical (unpaired) electrons. The van der Waals surface area contributed by atoms with Crippen molar-refractivity contribution in [1.29, 1.82) is 0 Å². The first-order chi connectivity index (χ1) is 14.0. The van der Waals surface area contributed by atoms with Crippen molar-refractivity contribution in [3.8, 4) is 0 Å². The zero-order valence-corrected chi connectivity index (χ0v) is 16.8. The molecule has 0 unspecified atom stereocenters. The minimum atomic E-state index is -0.291. The van der Waals surface area contributed by atoms with Crippen molar-refractivity contribution >= 4 is 17.5 Å². The van der Waals surface area contributed by atoms with Gasteiger partial charge in [0.25, 0.3) is 11.8 Å². The Labute approximate surface area is 170 Å². The number of aromatic nitrogens is 2. The normalized spacial score (nSPS) is 10.4. The Balaban J connectivity index is 1.68. The average Bonchev–Trinajstić information content (AvgIpc) is 2.75. The molecule has 148 valence electrons. The van der Waals surface area contributed by atoms with Crippen LogP contribution in [0.2, 0.25) is 0 Å². The summed E-state index contributed by atoms with van der Waals surface area (Å²) in [5.41, 5.74) is 4.70. The maximum Gasteiger partial charge on any atom is 0.257 e. The van der Waals surface area contributed by atoms with Gasteiger partial charge in [-0.2, -0.15) is 0 Å². The Morgan fingerprint density at radius 1 is 1.00 bits per heavy atom. The van der Waals surface area contributed by atoms with E-state index in [0.717, 1.165) is 28.8 Å². The first-order valence-electron chi connectivity index (χ1n) is 9.42. The number of hydrogen-bond acceptors (Lipinski definition) is 4. The van der Waals surface area contributed by atoms with Gasteiger partial charge in [0, 0.05) is 44.1 Å². The standard InChI is InChI=1S/C23H24N4O2/c1-16-5-4-6-21(17(16)2)26-22(28)19-13-20(15-25-14-19)23(29)27(3)12-9-18-7-10-24-11-8-18/h4-8,10-11,13-15H,9,12H2,1-3H3,(H,26,28). The van der Waals surface area contributed by atoms with Crippen LogP contribution in [-0.4, -0.2) is 40.3 Å². The van der Waals surface area contributed by atoms with Gasteiger partial charge >= 0.3 is 0 Å². The summed E-state index contributed by atoms with van der Waals surface area (Å²) in [6.45, 7) is 4.51. The number of nitrogens with one attached hydrogen (secondary N) is 1. The summed E-state index contributed by atoms with van der Waals surface area (Å²) in [6.07, 6.45) is 7.15. The molecule has 2 heterocycles. The molecule has 1 N–H and O–H groups in total. The number of likely N-dealkylation sites (N-methyl/N-ethyl adjacent to an activating group) is 1. The van der Waals surface area contributed by atoms with Crippen LogP contribution in [0.25, 0.3) is 0 Å². The molecule has 6 heteroatoms.